The van der Waals surface area contributed by atoms with Crippen LogP contribution in [0, 0.1) is 0 Å². The van der Waals surface area contributed by atoms with Gasteiger partial charge in [0.1, 0.15) is 0 Å². The van der Waals surface area contributed by atoms with Crippen molar-refractivity contribution in [1.82, 2.24) is 0 Å². The van der Waals surface area contributed by atoms with Gasteiger partial charge in [-0.05, 0) is 35.6 Å². The molecule has 0 radical (unpaired) electrons. The molecule has 0 spiro atoms. The average molecular weight is 284 g/mol. The molecule has 0 aromatic heterocycles. The molecule has 2 heteroatoms. The molecule has 0 atom stereocenters. The van der Waals surface area contributed by atoms with E-state index in [9.17, 15) is 4.79 Å². The van der Waals surface area contributed by atoms with Crippen LogP contribution in [0.4, 0.5) is 0 Å². The van der Waals surface area contributed by atoms with Gasteiger partial charge in [-0.1, -0.05) is 68.1 Å². The van der Waals surface area contributed by atoms with Gasteiger partial charge in [-0.3, -0.25) is 4.79 Å². The van der Waals surface area contributed by atoms with E-state index in [4.69, 9.17) is 5.11 Å². The topological polar surface area (TPSA) is 37.3 Å². The van der Waals surface area contributed by atoms with Gasteiger partial charge in [0.15, 0.2) is 0 Å². The SMILES string of the molecule is O=C(O)CCCCCCCCc1ccc2ccccc2c1. The Kier molecular flexibility index (Phi) is 6.26. The second-order valence-corrected chi connectivity index (χ2v) is 5.70. The Hall–Kier alpha value is -1.83. The van der Waals surface area contributed by atoms with Gasteiger partial charge in [0, 0.05) is 6.42 Å². The van der Waals surface area contributed by atoms with Crippen molar-refractivity contribution in [3.05, 3.63) is 48.0 Å². The highest BCUT2D eigenvalue weighted by atomic mass is 16.4. The van der Waals surface area contributed by atoms with Crippen molar-refractivity contribution in [2.24, 2.45) is 0 Å². The Balaban J connectivity index is 1.62. The number of hydrogen-bond donors (Lipinski definition) is 1. The summed E-state index contributed by atoms with van der Waals surface area (Å²) in [6.07, 6.45) is 8.15. The quantitative estimate of drug-likeness (QED) is 0.643. The number of carboxylic acids is 1. The van der Waals surface area contributed by atoms with E-state index < -0.39 is 5.97 Å². The first-order valence-corrected chi connectivity index (χ1v) is 7.95. The molecule has 0 unspecified atom stereocenters. The summed E-state index contributed by atoms with van der Waals surface area (Å²) >= 11 is 0. The minimum atomic E-state index is -0.675. The average Bonchev–Trinajstić information content (AvgIpc) is 2.49. The van der Waals surface area contributed by atoms with E-state index in [1.807, 2.05) is 0 Å². The number of fused-ring (bicyclic) bond motifs is 1. The van der Waals surface area contributed by atoms with Crippen LogP contribution < -0.4 is 0 Å². The van der Waals surface area contributed by atoms with Crippen LogP contribution in [0.3, 0.4) is 0 Å². The van der Waals surface area contributed by atoms with Gasteiger partial charge in [0.2, 0.25) is 0 Å². The molecule has 0 saturated heterocycles. The third kappa shape index (κ3) is 5.58. The molecule has 2 aromatic rings. The molecule has 112 valence electrons. The number of carbonyl (C=O) groups is 1. The summed E-state index contributed by atoms with van der Waals surface area (Å²) in [4.78, 5) is 10.4. The molecule has 1 N–H and O–H groups in total. The highest BCUT2D eigenvalue weighted by Gasteiger charge is 1.98. The maximum atomic E-state index is 10.4. The third-order valence-corrected chi connectivity index (χ3v) is 3.92. The van der Waals surface area contributed by atoms with E-state index in [1.54, 1.807) is 0 Å². The van der Waals surface area contributed by atoms with Crippen molar-refractivity contribution in [1.29, 1.82) is 0 Å². The number of rotatable bonds is 9. The van der Waals surface area contributed by atoms with E-state index in [2.05, 4.69) is 42.5 Å². The number of hydrogen-bond acceptors (Lipinski definition) is 1. The van der Waals surface area contributed by atoms with Crippen molar-refractivity contribution in [2.75, 3.05) is 0 Å². The van der Waals surface area contributed by atoms with E-state index >= 15 is 0 Å². The van der Waals surface area contributed by atoms with Crippen molar-refractivity contribution < 1.29 is 9.90 Å². The molecule has 2 aromatic carbocycles. The zero-order chi connectivity index (χ0) is 14.9. The minimum Gasteiger partial charge on any atom is -0.481 e. The van der Waals surface area contributed by atoms with Crippen LogP contribution in [0.15, 0.2) is 42.5 Å². The Morgan fingerprint density at radius 1 is 0.810 bits per heavy atom. The Morgan fingerprint density at radius 2 is 1.48 bits per heavy atom. The maximum Gasteiger partial charge on any atom is 0.303 e. The summed E-state index contributed by atoms with van der Waals surface area (Å²) in [5.41, 5.74) is 1.42. The maximum absolute atomic E-state index is 10.4. The van der Waals surface area contributed by atoms with Crippen molar-refractivity contribution in [3.8, 4) is 0 Å². The lowest BCUT2D eigenvalue weighted by molar-refractivity contribution is -0.137. The lowest BCUT2D eigenvalue weighted by Gasteiger charge is -2.04. The van der Waals surface area contributed by atoms with Crippen molar-refractivity contribution in [3.63, 3.8) is 0 Å². The monoisotopic (exact) mass is 284 g/mol. The van der Waals surface area contributed by atoms with Crippen LogP contribution >= 0.6 is 0 Å². The van der Waals surface area contributed by atoms with Crippen LogP contribution in [0.2, 0.25) is 0 Å². The number of unbranched alkanes of at least 4 members (excludes halogenated alkanes) is 5. The van der Waals surface area contributed by atoms with Gasteiger partial charge in [-0.2, -0.15) is 0 Å². The Morgan fingerprint density at radius 3 is 2.24 bits per heavy atom. The molecule has 0 saturated carbocycles. The third-order valence-electron chi connectivity index (χ3n) is 3.92. The largest absolute Gasteiger partial charge is 0.481 e. The first-order chi connectivity index (χ1) is 10.3. The van der Waals surface area contributed by atoms with Gasteiger partial charge >= 0.3 is 5.97 Å². The van der Waals surface area contributed by atoms with Crippen LogP contribution in [0.25, 0.3) is 10.8 Å². The number of aryl methyl sites for hydroxylation is 1. The lowest BCUT2D eigenvalue weighted by Crippen LogP contribution is -1.93. The van der Waals surface area contributed by atoms with Gasteiger partial charge in [0.25, 0.3) is 0 Å². The van der Waals surface area contributed by atoms with Crippen LogP contribution in [-0.2, 0) is 11.2 Å². The summed E-state index contributed by atoms with van der Waals surface area (Å²) in [5, 5.41) is 11.2. The first-order valence-electron chi connectivity index (χ1n) is 7.95. The molecule has 0 bridgehead atoms. The van der Waals surface area contributed by atoms with Crippen LogP contribution in [-0.4, -0.2) is 11.1 Å². The summed E-state index contributed by atoms with van der Waals surface area (Å²) in [6.45, 7) is 0. The molecule has 0 amide bonds. The van der Waals surface area contributed by atoms with Gasteiger partial charge < -0.3 is 5.11 Å². The predicted octanol–water partition coefficient (Wildman–Crippen LogP) is 5.20. The molecule has 0 aliphatic carbocycles. The fourth-order valence-corrected chi connectivity index (χ4v) is 2.71. The summed E-state index contributed by atoms with van der Waals surface area (Å²) in [7, 11) is 0. The Labute approximate surface area is 126 Å². The Bertz CT molecular complexity index is 575. The van der Waals surface area contributed by atoms with E-state index in [0.717, 1.165) is 25.7 Å². The van der Waals surface area contributed by atoms with E-state index in [1.165, 1.54) is 35.6 Å². The fraction of sp³-hybridized carbons (Fsp3) is 0.421. The lowest BCUT2D eigenvalue weighted by atomic mass is 10.0. The van der Waals surface area contributed by atoms with Crippen LogP contribution in [0.5, 0.6) is 0 Å². The minimum absolute atomic E-state index is 0.317. The molecular formula is C19H24O2. The van der Waals surface area contributed by atoms with Gasteiger partial charge in [-0.25, -0.2) is 0 Å². The molecule has 0 heterocycles. The smallest absolute Gasteiger partial charge is 0.303 e. The fourth-order valence-electron chi connectivity index (χ4n) is 2.71. The number of aliphatic carboxylic acids is 1. The van der Waals surface area contributed by atoms with Crippen LogP contribution in [0.1, 0.15) is 50.5 Å². The predicted molar refractivity (Wildman–Crippen MR) is 87.6 cm³/mol. The normalized spacial score (nSPS) is 10.9. The molecule has 0 fully saturated rings. The standard InChI is InChI=1S/C19H24O2/c20-19(21)12-6-4-2-1-3-5-9-16-13-14-17-10-7-8-11-18(17)15-16/h7-8,10-11,13-15H,1-6,9,12H2,(H,20,21). The van der Waals surface area contributed by atoms with Crippen molar-refractivity contribution >= 4 is 16.7 Å². The second-order valence-electron chi connectivity index (χ2n) is 5.70. The molecule has 2 rings (SSSR count). The first kappa shape index (κ1) is 15.6. The highest BCUT2D eigenvalue weighted by Crippen LogP contribution is 2.17. The highest BCUT2D eigenvalue weighted by molar-refractivity contribution is 5.82. The number of benzene rings is 2. The second kappa shape index (κ2) is 8.46. The van der Waals surface area contributed by atoms with Gasteiger partial charge in [0.05, 0.1) is 0 Å². The van der Waals surface area contributed by atoms with Crippen molar-refractivity contribution in [2.45, 2.75) is 51.4 Å². The summed E-state index contributed by atoms with van der Waals surface area (Å²) in [6, 6.07) is 15.2. The van der Waals surface area contributed by atoms with E-state index in [-0.39, 0.29) is 0 Å². The van der Waals surface area contributed by atoms with E-state index in [0.29, 0.717) is 6.42 Å². The molecule has 0 aliphatic heterocycles. The molecular weight excluding hydrogens is 260 g/mol. The summed E-state index contributed by atoms with van der Waals surface area (Å²) in [5.74, 6) is -0.675. The number of carboxylic acid groups (broad SMARTS) is 1. The molecule has 0 aliphatic rings. The zero-order valence-electron chi connectivity index (χ0n) is 12.6. The summed E-state index contributed by atoms with van der Waals surface area (Å²) < 4.78 is 0. The van der Waals surface area contributed by atoms with Gasteiger partial charge in [-0.15, -0.1) is 0 Å². The molecule has 2 nitrogen and oxygen atoms in total. The molecule has 21 heavy (non-hydrogen) atoms. The zero-order valence-corrected chi connectivity index (χ0v) is 12.6.